The van der Waals surface area contributed by atoms with Crippen molar-refractivity contribution in [1.82, 2.24) is 10.3 Å². The first-order chi connectivity index (χ1) is 10.0. The Balaban J connectivity index is 2.17. The molecule has 0 saturated carbocycles. The summed E-state index contributed by atoms with van der Waals surface area (Å²) in [4.78, 5) is 4.40. The Hall–Kier alpha value is -1.46. The van der Waals surface area contributed by atoms with Gasteiger partial charge in [0.05, 0.1) is 12.8 Å². The van der Waals surface area contributed by atoms with E-state index in [2.05, 4.69) is 29.4 Å². The second-order valence-electron chi connectivity index (χ2n) is 4.99. The van der Waals surface area contributed by atoms with Crippen LogP contribution in [0, 0.1) is 13.8 Å². The van der Waals surface area contributed by atoms with Crippen LogP contribution in [0.4, 0.5) is 0 Å². The van der Waals surface area contributed by atoms with Crippen LogP contribution in [0.5, 0.6) is 5.75 Å². The van der Waals surface area contributed by atoms with Crippen LogP contribution in [-0.2, 0) is 5.75 Å². The molecule has 1 atom stereocenters. The summed E-state index contributed by atoms with van der Waals surface area (Å²) in [5.74, 6) is 2.55. The molecule has 0 aliphatic rings. The SMILES string of the molecule is CNC(C)c1ccc(OC)c(CSc2nc(C)c(C)o2)c1. The second-order valence-corrected chi connectivity index (χ2v) is 5.92. The number of benzene rings is 1. The molecule has 1 unspecified atom stereocenters. The first-order valence-electron chi connectivity index (χ1n) is 6.96. The summed E-state index contributed by atoms with van der Waals surface area (Å²) in [5, 5.41) is 3.96. The highest BCUT2D eigenvalue weighted by Gasteiger charge is 2.11. The van der Waals surface area contributed by atoms with Crippen LogP contribution in [0.15, 0.2) is 27.8 Å². The lowest BCUT2D eigenvalue weighted by Crippen LogP contribution is -2.12. The van der Waals surface area contributed by atoms with Gasteiger partial charge in [-0.05, 0) is 45.5 Å². The van der Waals surface area contributed by atoms with Gasteiger partial charge in [-0.15, -0.1) is 0 Å². The molecule has 0 amide bonds. The number of oxazole rings is 1. The lowest BCUT2D eigenvalue weighted by molar-refractivity contribution is 0.410. The monoisotopic (exact) mass is 306 g/mol. The largest absolute Gasteiger partial charge is 0.496 e. The van der Waals surface area contributed by atoms with E-state index in [1.807, 2.05) is 27.0 Å². The normalized spacial score (nSPS) is 12.4. The van der Waals surface area contributed by atoms with Gasteiger partial charge in [0, 0.05) is 17.4 Å². The number of thioether (sulfide) groups is 1. The lowest BCUT2D eigenvalue weighted by Gasteiger charge is -2.14. The van der Waals surface area contributed by atoms with Gasteiger partial charge in [0.2, 0.25) is 0 Å². The van der Waals surface area contributed by atoms with Crippen LogP contribution in [0.2, 0.25) is 0 Å². The number of nitrogens with zero attached hydrogens (tertiary/aromatic N) is 1. The fraction of sp³-hybridized carbons (Fsp3) is 0.438. The Morgan fingerprint density at radius 3 is 2.71 bits per heavy atom. The Labute approximate surface area is 130 Å². The number of hydrogen-bond donors (Lipinski definition) is 1. The van der Waals surface area contributed by atoms with Gasteiger partial charge in [-0.2, -0.15) is 0 Å². The molecule has 1 aromatic carbocycles. The molecule has 1 aromatic heterocycles. The van der Waals surface area contributed by atoms with Crippen LogP contribution in [0.3, 0.4) is 0 Å². The minimum atomic E-state index is 0.311. The highest BCUT2D eigenvalue weighted by molar-refractivity contribution is 7.98. The number of methoxy groups -OCH3 is 1. The van der Waals surface area contributed by atoms with E-state index in [1.165, 1.54) is 5.56 Å². The average molecular weight is 306 g/mol. The zero-order chi connectivity index (χ0) is 15.4. The highest BCUT2D eigenvalue weighted by atomic mass is 32.2. The molecule has 21 heavy (non-hydrogen) atoms. The summed E-state index contributed by atoms with van der Waals surface area (Å²) in [6, 6.07) is 6.60. The third kappa shape index (κ3) is 3.80. The molecular weight excluding hydrogens is 284 g/mol. The van der Waals surface area contributed by atoms with Crippen molar-refractivity contribution in [2.75, 3.05) is 14.2 Å². The van der Waals surface area contributed by atoms with Crippen LogP contribution >= 0.6 is 11.8 Å². The number of hydrogen-bond acceptors (Lipinski definition) is 5. The molecule has 4 nitrogen and oxygen atoms in total. The maximum Gasteiger partial charge on any atom is 0.256 e. The van der Waals surface area contributed by atoms with Crippen molar-refractivity contribution in [3.63, 3.8) is 0 Å². The number of rotatable bonds is 6. The Morgan fingerprint density at radius 1 is 1.38 bits per heavy atom. The first kappa shape index (κ1) is 15.9. The van der Waals surface area contributed by atoms with Gasteiger partial charge < -0.3 is 14.5 Å². The molecule has 5 heteroatoms. The third-order valence-electron chi connectivity index (χ3n) is 3.60. The smallest absolute Gasteiger partial charge is 0.256 e. The molecule has 0 saturated heterocycles. The van der Waals surface area contributed by atoms with Crippen molar-refractivity contribution >= 4 is 11.8 Å². The molecule has 0 fully saturated rings. The maximum atomic E-state index is 5.61. The predicted octanol–water partition coefficient (Wildman–Crippen LogP) is 3.87. The second kappa shape index (κ2) is 7.00. The van der Waals surface area contributed by atoms with Crippen LogP contribution in [0.1, 0.15) is 35.5 Å². The molecule has 1 N–H and O–H groups in total. The van der Waals surface area contributed by atoms with Gasteiger partial charge in [-0.3, -0.25) is 0 Å². The van der Waals surface area contributed by atoms with Crippen molar-refractivity contribution in [3.8, 4) is 5.75 Å². The molecule has 0 aliphatic heterocycles. The summed E-state index contributed by atoms with van der Waals surface area (Å²) in [6.07, 6.45) is 0. The Bertz CT molecular complexity index is 591. The van der Waals surface area contributed by atoms with Gasteiger partial charge in [-0.1, -0.05) is 17.8 Å². The van der Waals surface area contributed by atoms with Crippen LogP contribution in [-0.4, -0.2) is 19.1 Å². The summed E-state index contributed by atoms with van der Waals surface area (Å²) in [7, 11) is 3.66. The average Bonchev–Trinajstić information content (AvgIpc) is 2.82. The molecule has 114 valence electrons. The summed E-state index contributed by atoms with van der Waals surface area (Å²) in [5.41, 5.74) is 3.34. The van der Waals surface area contributed by atoms with Crippen molar-refractivity contribution in [3.05, 3.63) is 40.8 Å². The number of nitrogens with one attached hydrogen (secondary N) is 1. The first-order valence-corrected chi connectivity index (χ1v) is 7.94. The van der Waals surface area contributed by atoms with Gasteiger partial charge in [-0.25, -0.2) is 4.98 Å². The molecule has 2 rings (SSSR count). The number of ether oxygens (including phenoxy) is 1. The van der Waals surface area contributed by atoms with Crippen LogP contribution in [0.25, 0.3) is 0 Å². The summed E-state index contributed by atoms with van der Waals surface area (Å²) < 4.78 is 11.1. The Morgan fingerprint density at radius 2 is 2.14 bits per heavy atom. The van der Waals surface area contributed by atoms with Gasteiger partial charge in [0.1, 0.15) is 11.5 Å². The van der Waals surface area contributed by atoms with E-state index in [-0.39, 0.29) is 0 Å². The van der Waals surface area contributed by atoms with E-state index in [9.17, 15) is 0 Å². The molecule has 0 radical (unpaired) electrons. The van der Waals surface area contributed by atoms with E-state index in [1.54, 1.807) is 18.9 Å². The predicted molar refractivity (Wildman–Crippen MR) is 86.0 cm³/mol. The molecule has 2 aromatic rings. The highest BCUT2D eigenvalue weighted by Crippen LogP contribution is 2.30. The fourth-order valence-electron chi connectivity index (χ4n) is 1.99. The third-order valence-corrected chi connectivity index (χ3v) is 4.47. The van der Waals surface area contributed by atoms with E-state index in [0.29, 0.717) is 11.3 Å². The van der Waals surface area contributed by atoms with Gasteiger partial charge in [0.25, 0.3) is 5.22 Å². The van der Waals surface area contributed by atoms with E-state index in [4.69, 9.17) is 9.15 Å². The lowest BCUT2D eigenvalue weighted by atomic mass is 10.1. The van der Waals surface area contributed by atoms with Crippen molar-refractivity contribution in [2.24, 2.45) is 0 Å². The van der Waals surface area contributed by atoms with Crippen molar-refractivity contribution in [2.45, 2.75) is 37.8 Å². The minimum absolute atomic E-state index is 0.311. The zero-order valence-electron chi connectivity index (χ0n) is 13.2. The number of aryl methyl sites for hydroxylation is 2. The minimum Gasteiger partial charge on any atom is -0.496 e. The van der Waals surface area contributed by atoms with E-state index >= 15 is 0 Å². The number of aromatic nitrogens is 1. The van der Waals surface area contributed by atoms with Crippen molar-refractivity contribution in [1.29, 1.82) is 0 Å². The molecule has 0 aliphatic carbocycles. The standard InChI is InChI=1S/C16H22N2O2S/c1-10-12(3)20-16(18-10)21-9-14-8-13(11(2)17-4)6-7-15(14)19-5/h6-8,11,17H,9H2,1-5H3. The zero-order valence-corrected chi connectivity index (χ0v) is 14.0. The maximum absolute atomic E-state index is 5.61. The quantitative estimate of drug-likeness (QED) is 0.821. The molecular formula is C16H22N2O2S. The molecule has 1 heterocycles. The van der Waals surface area contributed by atoms with Crippen LogP contribution < -0.4 is 10.1 Å². The topological polar surface area (TPSA) is 47.3 Å². The van der Waals surface area contributed by atoms with E-state index in [0.717, 1.165) is 28.5 Å². The summed E-state index contributed by atoms with van der Waals surface area (Å²) in [6.45, 7) is 6.03. The fourth-order valence-corrected chi connectivity index (χ4v) is 2.88. The summed E-state index contributed by atoms with van der Waals surface area (Å²) >= 11 is 1.59. The Kier molecular flexibility index (Phi) is 5.31. The van der Waals surface area contributed by atoms with Gasteiger partial charge >= 0.3 is 0 Å². The molecule has 0 spiro atoms. The van der Waals surface area contributed by atoms with Gasteiger partial charge in [0.15, 0.2) is 0 Å². The molecule has 0 bridgehead atoms. The van der Waals surface area contributed by atoms with E-state index < -0.39 is 0 Å². The van der Waals surface area contributed by atoms with Crippen molar-refractivity contribution < 1.29 is 9.15 Å².